The van der Waals surface area contributed by atoms with Gasteiger partial charge in [0.1, 0.15) is 16.4 Å². The topological polar surface area (TPSA) is 133 Å². The van der Waals surface area contributed by atoms with Crippen LogP contribution in [0.5, 0.6) is 11.5 Å². The van der Waals surface area contributed by atoms with Crippen LogP contribution < -0.4 is 15.2 Å². The van der Waals surface area contributed by atoms with Gasteiger partial charge >= 0.3 is 12.2 Å². The summed E-state index contributed by atoms with van der Waals surface area (Å²) in [5, 5.41) is 15.4. The number of alkyl halides is 3. The van der Waals surface area contributed by atoms with Crippen LogP contribution in [0.25, 0.3) is 11.5 Å². The molecule has 2 aromatic heterocycles. The zero-order valence-electron chi connectivity index (χ0n) is 16.4. The third kappa shape index (κ3) is 5.45. The summed E-state index contributed by atoms with van der Waals surface area (Å²) in [6, 6.07) is 12.1. The van der Waals surface area contributed by atoms with Crippen molar-refractivity contribution in [2.75, 3.05) is 5.32 Å². The van der Waals surface area contributed by atoms with Gasteiger partial charge in [-0.1, -0.05) is 11.2 Å². The van der Waals surface area contributed by atoms with Gasteiger partial charge in [-0.05, 0) is 42.5 Å². The molecule has 0 fully saturated rings. The van der Waals surface area contributed by atoms with Crippen LogP contribution in [0.15, 0.2) is 76.3 Å². The summed E-state index contributed by atoms with van der Waals surface area (Å²) in [5.74, 6) is 0.655. The summed E-state index contributed by atoms with van der Waals surface area (Å²) in [6.07, 6.45) is -2.05. The van der Waals surface area contributed by atoms with Gasteiger partial charge in [-0.25, -0.2) is 13.6 Å². The lowest BCUT2D eigenvalue weighted by molar-refractivity contribution is -0.137. The molecule has 0 spiro atoms. The lowest BCUT2D eigenvalue weighted by atomic mass is 10.2. The quantitative estimate of drug-likeness (QED) is 0.419. The number of aromatic nitrogens is 3. The molecule has 0 saturated heterocycles. The summed E-state index contributed by atoms with van der Waals surface area (Å²) in [6.45, 7) is 0. The Morgan fingerprint density at radius 2 is 1.73 bits per heavy atom. The standard InChI is InChI=1S/C20H14F3N5O4S/c21-20(22,23)13-2-1-3-14(8-13)26-19-28-27-18(32-19)12-4-6-15(7-5-12)31-16-9-17(11-25-10-16)33(24,29)30/h1-11H,(H,26,28)(H2,24,29,30). The van der Waals surface area contributed by atoms with Gasteiger partial charge in [-0.15, -0.1) is 5.10 Å². The minimum atomic E-state index is -4.47. The van der Waals surface area contributed by atoms with Gasteiger partial charge in [0.25, 0.3) is 0 Å². The predicted molar refractivity (Wildman–Crippen MR) is 110 cm³/mol. The number of hydrogen-bond donors (Lipinski definition) is 2. The molecule has 170 valence electrons. The van der Waals surface area contributed by atoms with Crippen LogP contribution in [0.3, 0.4) is 0 Å². The van der Waals surface area contributed by atoms with Crippen molar-refractivity contribution in [3.05, 3.63) is 72.6 Å². The Labute approximate surface area is 185 Å². The van der Waals surface area contributed by atoms with E-state index in [2.05, 4.69) is 20.5 Å². The molecule has 9 nitrogen and oxygen atoms in total. The van der Waals surface area contributed by atoms with E-state index in [4.69, 9.17) is 14.3 Å². The van der Waals surface area contributed by atoms with Gasteiger partial charge in [0.2, 0.25) is 15.9 Å². The van der Waals surface area contributed by atoms with Crippen LogP contribution in [0.1, 0.15) is 5.56 Å². The number of nitrogens with one attached hydrogen (secondary N) is 1. The SMILES string of the molecule is NS(=O)(=O)c1cncc(Oc2ccc(-c3nnc(Nc4cccc(C(F)(F)F)c4)o3)cc2)c1. The molecule has 2 heterocycles. The molecule has 4 aromatic rings. The van der Waals surface area contributed by atoms with Crippen molar-refractivity contribution in [1.29, 1.82) is 0 Å². The number of ether oxygens (including phenoxy) is 1. The molecule has 3 N–H and O–H groups in total. The summed E-state index contributed by atoms with van der Waals surface area (Å²) in [4.78, 5) is 3.59. The number of halogens is 3. The minimum absolute atomic E-state index is 0.0875. The highest BCUT2D eigenvalue weighted by molar-refractivity contribution is 7.89. The summed E-state index contributed by atoms with van der Waals surface area (Å²) < 4.78 is 72.4. The molecule has 0 unspecified atom stereocenters. The number of hydrogen-bond acceptors (Lipinski definition) is 8. The van der Waals surface area contributed by atoms with Crippen molar-refractivity contribution >= 4 is 21.7 Å². The zero-order chi connectivity index (χ0) is 23.6. The fourth-order valence-corrected chi connectivity index (χ4v) is 3.19. The van der Waals surface area contributed by atoms with E-state index in [1.165, 1.54) is 24.4 Å². The van der Waals surface area contributed by atoms with Gasteiger partial charge in [0.15, 0.2) is 0 Å². The van der Waals surface area contributed by atoms with E-state index < -0.39 is 21.8 Å². The number of rotatable bonds is 6. The molecule has 13 heteroatoms. The van der Waals surface area contributed by atoms with Crippen molar-refractivity contribution in [2.45, 2.75) is 11.1 Å². The molecular weight excluding hydrogens is 463 g/mol. The zero-order valence-corrected chi connectivity index (χ0v) is 17.3. The van der Waals surface area contributed by atoms with Crippen molar-refractivity contribution in [3.63, 3.8) is 0 Å². The van der Waals surface area contributed by atoms with E-state index in [1.807, 2.05) is 0 Å². The number of nitrogens with two attached hydrogens (primary N) is 1. The second-order valence-corrected chi connectivity index (χ2v) is 8.21. The first kappa shape index (κ1) is 22.2. The fourth-order valence-electron chi connectivity index (χ4n) is 2.70. The molecule has 0 aliphatic rings. The molecule has 4 rings (SSSR count). The maximum atomic E-state index is 12.8. The number of benzene rings is 2. The lowest BCUT2D eigenvalue weighted by Crippen LogP contribution is -2.12. The van der Waals surface area contributed by atoms with Gasteiger partial charge in [0, 0.05) is 23.5 Å². The highest BCUT2D eigenvalue weighted by atomic mass is 32.2. The smallest absolute Gasteiger partial charge is 0.416 e. The number of pyridine rings is 1. The normalized spacial score (nSPS) is 11.9. The Morgan fingerprint density at radius 3 is 2.42 bits per heavy atom. The van der Waals surface area contributed by atoms with Crippen LogP contribution in [-0.4, -0.2) is 23.6 Å². The number of nitrogens with zero attached hydrogens (tertiary/aromatic N) is 3. The summed E-state index contributed by atoms with van der Waals surface area (Å²) in [5.41, 5.74) is -0.157. The van der Waals surface area contributed by atoms with Crippen molar-refractivity contribution in [1.82, 2.24) is 15.2 Å². The van der Waals surface area contributed by atoms with Crippen molar-refractivity contribution in [3.8, 4) is 23.0 Å². The Morgan fingerprint density at radius 1 is 0.970 bits per heavy atom. The molecule has 33 heavy (non-hydrogen) atoms. The molecule has 0 aliphatic carbocycles. The van der Waals surface area contributed by atoms with Gasteiger partial charge in [-0.3, -0.25) is 4.98 Å². The maximum Gasteiger partial charge on any atom is 0.416 e. The van der Waals surface area contributed by atoms with Crippen molar-refractivity contribution in [2.24, 2.45) is 5.14 Å². The maximum absolute atomic E-state index is 12.8. The monoisotopic (exact) mass is 477 g/mol. The predicted octanol–water partition coefficient (Wildman–Crippen LogP) is 4.33. The summed E-state index contributed by atoms with van der Waals surface area (Å²) in [7, 11) is -3.92. The number of primary sulfonamides is 1. The minimum Gasteiger partial charge on any atom is -0.456 e. The summed E-state index contributed by atoms with van der Waals surface area (Å²) >= 11 is 0. The van der Waals surface area contributed by atoms with Crippen LogP contribution in [0, 0.1) is 0 Å². The third-order valence-electron chi connectivity index (χ3n) is 4.22. The van der Waals surface area contributed by atoms with Crippen LogP contribution in [0.4, 0.5) is 24.9 Å². The molecular formula is C20H14F3N5O4S. The molecule has 0 saturated carbocycles. The Hall–Kier alpha value is -3.97. The average Bonchev–Trinajstić information content (AvgIpc) is 3.22. The number of anilines is 2. The van der Waals surface area contributed by atoms with Crippen LogP contribution >= 0.6 is 0 Å². The van der Waals surface area contributed by atoms with Crippen LogP contribution in [-0.2, 0) is 16.2 Å². The van der Waals surface area contributed by atoms with E-state index in [9.17, 15) is 21.6 Å². The first-order valence-corrected chi connectivity index (χ1v) is 10.7. The van der Waals surface area contributed by atoms with E-state index in [0.29, 0.717) is 11.3 Å². The molecule has 0 bridgehead atoms. The first-order chi connectivity index (χ1) is 15.6. The molecule has 0 aliphatic heterocycles. The van der Waals surface area contributed by atoms with E-state index >= 15 is 0 Å². The Balaban J connectivity index is 1.46. The van der Waals surface area contributed by atoms with Crippen molar-refractivity contribution < 1.29 is 30.7 Å². The molecule has 2 aromatic carbocycles. The van der Waals surface area contributed by atoms with Gasteiger partial charge in [0.05, 0.1) is 11.8 Å². The first-order valence-electron chi connectivity index (χ1n) is 9.12. The molecule has 0 amide bonds. The Kier molecular flexibility index (Phi) is 5.74. The third-order valence-corrected chi connectivity index (χ3v) is 5.10. The van der Waals surface area contributed by atoms with Gasteiger partial charge in [-0.2, -0.15) is 13.2 Å². The van der Waals surface area contributed by atoms with E-state index in [-0.39, 0.29) is 28.2 Å². The largest absolute Gasteiger partial charge is 0.456 e. The average molecular weight is 477 g/mol. The van der Waals surface area contributed by atoms with Gasteiger partial charge < -0.3 is 14.5 Å². The number of sulfonamides is 1. The highest BCUT2D eigenvalue weighted by Crippen LogP contribution is 2.32. The van der Waals surface area contributed by atoms with E-state index in [1.54, 1.807) is 24.3 Å². The van der Waals surface area contributed by atoms with Crippen LogP contribution in [0.2, 0.25) is 0 Å². The lowest BCUT2D eigenvalue weighted by Gasteiger charge is -2.08. The fraction of sp³-hybridized carbons (Fsp3) is 0.0500. The molecule has 0 atom stereocenters. The second kappa shape index (κ2) is 8.52. The highest BCUT2D eigenvalue weighted by Gasteiger charge is 2.30. The second-order valence-electron chi connectivity index (χ2n) is 6.64. The molecule has 0 radical (unpaired) electrons. The Bertz CT molecular complexity index is 1390. The van der Waals surface area contributed by atoms with E-state index in [0.717, 1.165) is 18.3 Å².